The highest BCUT2D eigenvalue weighted by Gasteiger charge is 2.51. The maximum atomic E-state index is 13.8. The monoisotopic (exact) mass is 534 g/mol. The van der Waals surface area contributed by atoms with E-state index in [1.54, 1.807) is 20.8 Å². The molecule has 0 unspecified atom stereocenters. The first kappa shape index (κ1) is 30.4. The van der Waals surface area contributed by atoms with Crippen molar-refractivity contribution in [3.8, 4) is 0 Å². The number of halogens is 3. The maximum absolute atomic E-state index is 13.8. The van der Waals surface area contributed by atoms with Crippen LogP contribution in [0.1, 0.15) is 72.1 Å². The predicted octanol–water partition coefficient (Wildman–Crippen LogP) is 1.82. The van der Waals surface area contributed by atoms with Gasteiger partial charge in [-0.1, -0.05) is 33.6 Å². The summed E-state index contributed by atoms with van der Waals surface area (Å²) in [6, 6.07) is -2.55. The first-order valence-corrected chi connectivity index (χ1v) is 12.7. The molecule has 0 spiro atoms. The SMILES string of the molecule is CCCN(C(=O)C1(NC(=O)C(F)(F)F)CCCC1)[C@H](C(=O)N[C@@H](CC(=O)O)C(=O)N1CCCC1)C(C)C. The van der Waals surface area contributed by atoms with E-state index in [9.17, 15) is 42.3 Å². The maximum Gasteiger partial charge on any atom is 0.471 e. The average molecular weight is 535 g/mol. The number of alkyl halides is 3. The highest BCUT2D eigenvalue weighted by atomic mass is 19.4. The molecule has 10 nitrogen and oxygen atoms in total. The van der Waals surface area contributed by atoms with Crippen LogP contribution in [0.3, 0.4) is 0 Å². The van der Waals surface area contributed by atoms with Crippen LogP contribution in [0.15, 0.2) is 0 Å². The van der Waals surface area contributed by atoms with E-state index in [4.69, 9.17) is 0 Å². The van der Waals surface area contributed by atoms with Crippen LogP contribution in [-0.2, 0) is 24.0 Å². The molecule has 1 saturated heterocycles. The summed E-state index contributed by atoms with van der Waals surface area (Å²) < 4.78 is 39.2. The van der Waals surface area contributed by atoms with Crippen LogP contribution in [0, 0.1) is 5.92 Å². The third-order valence-electron chi connectivity index (χ3n) is 6.85. The van der Waals surface area contributed by atoms with Gasteiger partial charge in [-0.3, -0.25) is 24.0 Å². The number of hydrogen-bond donors (Lipinski definition) is 3. The molecule has 1 aliphatic heterocycles. The quantitative estimate of drug-likeness (QED) is 0.370. The minimum Gasteiger partial charge on any atom is -0.481 e. The molecule has 3 N–H and O–H groups in total. The van der Waals surface area contributed by atoms with Crippen LogP contribution in [0.2, 0.25) is 0 Å². The molecule has 2 aliphatic rings. The number of nitrogens with one attached hydrogen (secondary N) is 2. The standard InChI is InChI=1S/C24H37F3N4O6/c1-4-11-31(22(37)23(9-5-6-10-23)29-21(36)24(25,26)27)18(15(2)3)19(34)28-16(14-17(32)33)20(35)30-12-7-8-13-30/h15-16,18H,4-14H2,1-3H3,(H,28,34)(H,29,36)(H,32,33)/t16-,18-/m0/s1. The van der Waals surface area contributed by atoms with Crippen LogP contribution < -0.4 is 10.6 Å². The van der Waals surface area contributed by atoms with Gasteiger partial charge in [0.2, 0.25) is 17.7 Å². The van der Waals surface area contributed by atoms with E-state index in [2.05, 4.69) is 5.32 Å². The molecule has 210 valence electrons. The molecule has 1 aliphatic carbocycles. The van der Waals surface area contributed by atoms with Crippen LogP contribution >= 0.6 is 0 Å². The summed E-state index contributed by atoms with van der Waals surface area (Å²) in [5.74, 6) is -6.14. The topological polar surface area (TPSA) is 136 Å². The summed E-state index contributed by atoms with van der Waals surface area (Å²) >= 11 is 0. The normalized spacial score (nSPS) is 18.8. The molecule has 4 amide bonds. The highest BCUT2D eigenvalue weighted by Crippen LogP contribution is 2.34. The molecule has 0 bridgehead atoms. The average Bonchev–Trinajstić information content (AvgIpc) is 3.49. The van der Waals surface area contributed by atoms with E-state index in [0.29, 0.717) is 32.4 Å². The van der Waals surface area contributed by atoms with Crippen molar-refractivity contribution in [3.05, 3.63) is 0 Å². The highest BCUT2D eigenvalue weighted by molar-refractivity contribution is 5.97. The second kappa shape index (κ2) is 12.6. The Balaban J connectivity index is 2.36. The Morgan fingerprint density at radius 2 is 1.59 bits per heavy atom. The second-order valence-electron chi connectivity index (χ2n) is 10.1. The fourth-order valence-electron chi connectivity index (χ4n) is 5.14. The van der Waals surface area contributed by atoms with Gasteiger partial charge in [-0.05, 0) is 38.0 Å². The lowest BCUT2D eigenvalue weighted by atomic mass is 9.91. The number of hydrogen-bond acceptors (Lipinski definition) is 5. The van der Waals surface area contributed by atoms with E-state index in [1.165, 1.54) is 9.80 Å². The minimum absolute atomic E-state index is 0.00458. The van der Waals surface area contributed by atoms with Gasteiger partial charge in [0.1, 0.15) is 17.6 Å². The number of carbonyl (C=O) groups excluding carboxylic acids is 4. The van der Waals surface area contributed by atoms with Crippen LogP contribution in [-0.4, -0.2) is 87.9 Å². The van der Waals surface area contributed by atoms with E-state index in [0.717, 1.165) is 12.8 Å². The van der Waals surface area contributed by atoms with Gasteiger partial charge in [-0.2, -0.15) is 13.2 Å². The molecule has 0 radical (unpaired) electrons. The van der Waals surface area contributed by atoms with E-state index in [-0.39, 0.29) is 19.4 Å². The van der Waals surface area contributed by atoms with Crippen LogP contribution in [0.25, 0.3) is 0 Å². The van der Waals surface area contributed by atoms with Crippen molar-refractivity contribution in [2.24, 2.45) is 5.92 Å². The summed E-state index contributed by atoms with van der Waals surface area (Å²) in [6.45, 7) is 5.92. The van der Waals surface area contributed by atoms with Crippen molar-refractivity contribution in [1.82, 2.24) is 20.4 Å². The number of nitrogens with zero attached hydrogens (tertiary/aromatic N) is 2. The van der Waals surface area contributed by atoms with Crippen molar-refractivity contribution < 1.29 is 42.3 Å². The van der Waals surface area contributed by atoms with Gasteiger partial charge in [-0.25, -0.2) is 0 Å². The Kier molecular flexibility index (Phi) is 10.3. The third-order valence-corrected chi connectivity index (χ3v) is 6.85. The van der Waals surface area contributed by atoms with Crippen molar-refractivity contribution in [2.45, 2.75) is 95.9 Å². The molecular formula is C24H37F3N4O6. The first-order valence-electron chi connectivity index (χ1n) is 12.7. The second-order valence-corrected chi connectivity index (χ2v) is 10.1. The Labute approximate surface area is 214 Å². The number of amides is 4. The molecule has 0 aromatic carbocycles. The zero-order valence-corrected chi connectivity index (χ0v) is 21.5. The smallest absolute Gasteiger partial charge is 0.471 e. The summed E-state index contributed by atoms with van der Waals surface area (Å²) in [6.07, 6.45) is -3.10. The van der Waals surface area contributed by atoms with Crippen LogP contribution in [0.4, 0.5) is 13.2 Å². The summed E-state index contributed by atoms with van der Waals surface area (Å²) in [5.41, 5.74) is -1.80. The summed E-state index contributed by atoms with van der Waals surface area (Å²) in [5, 5.41) is 13.7. The van der Waals surface area contributed by atoms with E-state index < -0.39 is 65.7 Å². The van der Waals surface area contributed by atoms with E-state index >= 15 is 0 Å². The number of carboxylic acids is 1. The summed E-state index contributed by atoms with van der Waals surface area (Å²) in [7, 11) is 0. The molecule has 1 heterocycles. The molecule has 37 heavy (non-hydrogen) atoms. The van der Waals surface area contributed by atoms with Gasteiger partial charge >= 0.3 is 18.1 Å². The van der Waals surface area contributed by atoms with Crippen molar-refractivity contribution in [1.29, 1.82) is 0 Å². The fourth-order valence-corrected chi connectivity index (χ4v) is 5.14. The van der Waals surface area contributed by atoms with E-state index in [1.807, 2.05) is 5.32 Å². The first-order chi connectivity index (χ1) is 17.2. The molecule has 0 aromatic heterocycles. The van der Waals surface area contributed by atoms with Gasteiger partial charge in [0.05, 0.1) is 6.42 Å². The van der Waals surface area contributed by atoms with Gasteiger partial charge in [0, 0.05) is 19.6 Å². The van der Waals surface area contributed by atoms with Gasteiger partial charge in [0.25, 0.3) is 0 Å². The van der Waals surface area contributed by atoms with Gasteiger partial charge in [-0.15, -0.1) is 0 Å². The number of carboxylic acid groups (broad SMARTS) is 1. The predicted molar refractivity (Wildman–Crippen MR) is 126 cm³/mol. The molecule has 1 saturated carbocycles. The Morgan fingerprint density at radius 1 is 1.03 bits per heavy atom. The number of rotatable bonds is 11. The Morgan fingerprint density at radius 3 is 2.05 bits per heavy atom. The molecule has 0 aromatic rings. The fraction of sp³-hybridized carbons (Fsp3) is 0.792. The minimum atomic E-state index is -5.18. The Hall–Kier alpha value is -2.86. The van der Waals surface area contributed by atoms with Gasteiger partial charge < -0.3 is 25.5 Å². The largest absolute Gasteiger partial charge is 0.481 e. The van der Waals surface area contributed by atoms with Crippen LogP contribution in [0.5, 0.6) is 0 Å². The lowest BCUT2D eigenvalue weighted by Gasteiger charge is -2.40. The molecule has 2 rings (SSSR count). The molecular weight excluding hydrogens is 497 g/mol. The Bertz CT molecular complexity index is 867. The molecule has 2 fully saturated rings. The molecule has 13 heteroatoms. The lowest BCUT2D eigenvalue weighted by molar-refractivity contribution is -0.177. The number of aliphatic carboxylic acids is 1. The zero-order valence-electron chi connectivity index (χ0n) is 21.5. The third kappa shape index (κ3) is 7.57. The number of carbonyl (C=O) groups is 5. The van der Waals surface area contributed by atoms with Crippen molar-refractivity contribution in [2.75, 3.05) is 19.6 Å². The van der Waals surface area contributed by atoms with Gasteiger partial charge in [0.15, 0.2) is 0 Å². The van der Waals surface area contributed by atoms with Crippen molar-refractivity contribution >= 4 is 29.6 Å². The van der Waals surface area contributed by atoms with Crippen molar-refractivity contribution in [3.63, 3.8) is 0 Å². The number of likely N-dealkylation sites (tertiary alicyclic amines) is 1. The molecule has 2 atom stereocenters. The summed E-state index contributed by atoms with van der Waals surface area (Å²) in [4.78, 5) is 66.1. The lowest BCUT2D eigenvalue weighted by Crippen LogP contribution is -2.65. The zero-order chi connectivity index (χ0) is 28.0.